The van der Waals surface area contributed by atoms with Crippen LogP contribution < -0.4 is 10.1 Å². The van der Waals surface area contributed by atoms with Crippen LogP contribution in [-0.2, 0) is 0 Å². The predicted octanol–water partition coefficient (Wildman–Crippen LogP) is 6.13. The first-order chi connectivity index (χ1) is 14.9. The fourth-order valence-electron chi connectivity index (χ4n) is 3.69. The first kappa shape index (κ1) is 20.9. The van der Waals surface area contributed by atoms with Crippen LogP contribution in [0.4, 0.5) is 11.5 Å². The smallest absolute Gasteiger partial charge is 0.159 e. The predicted molar refractivity (Wildman–Crippen MR) is 127 cm³/mol. The molecule has 5 heteroatoms. The number of benzene rings is 2. The van der Waals surface area contributed by atoms with Gasteiger partial charge in [-0.25, -0.2) is 9.97 Å². The summed E-state index contributed by atoms with van der Waals surface area (Å²) < 4.78 is 5.27. The molecule has 0 bridgehead atoms. The van der Waals surface area contributed by atoms with E-state index in [9.17, 15) is 0 Å². The summed E-state index contributed by atoms with van der Waals surface area (Å²) in [4.78, 5) is 12.2. The molecule has 1 N–H and O–H groups in total. The Morgan fingerprint density at radius 1 is 0.968 bits per heavy atom. The minimum absolute atomic E-state index is 0.0763. The second kappa shape index (κ2) is 8.80. The Morgan fingerprint density at radius 3 is 2.39 bits per heavy atom. The molecular weight excluding hydrogens is 384 g/mol. The van der Waals surface area contributed by atoms with Crippen molar-refractivity contribution in [1.29, 1.82) is 0 Å². The van der Waals surface area contributed by atoms with Crippen molar-refractivity contribution >= 4 is 17.1 Å². The second-order valence-corrected chi connectivity index (χ2v) is 8.80. The zero-order chi connectivity index (χ0) is 21.8. The van der Waals surface area contributed by atoms with Crippen LogP contribution in [0.15, 0.2) is 66.9 Å². The molecular formula is C26H30N4O. The highest BCUT2D eigenvalue weighted by atomic mass is 16.5. The molecule has 0 radical (unpaired) electrons. The van der Waals surface area contributed by atoms with Gasteiger partial charge in [0.2, 0.25) is 0 Å². The fourth-order valence-corrected chi connectivity index (χ4v) is 3.69. The fraction of sp³-hybridized carbons (Fsp3) is 0.308. The van der Waals surface area contributed by atoms with Gasteiger partial charge in [0, 0.05) is 41.2 Å². The molecule has 0 aliphatic carbocycles. The van der Waals surface area contributed by atoms with Gasteiger partial charge in [-0.1, -0.05) is 30.3 Å². The quantitative estimate of drug-likeness (QED) is 0.544. The molecule has 1 aliphatic rings. The number of allylic oxidation sites excluding steroid dienone is 1. The normalized spacial score (nSPS) is 14.2. The number of hydrogen-bond donors (Lipinski definition) is 1. The molecule has 2 heterocycles. The molecule has 2 aromatic carbocycles. The monoisotopic (exact) mass is 414 g/mol. The summed E-state index contributed by atoms with van der Waals surface area (Å²) in [5.74, 6) is 2.39. The number of rotatable bonds is 5. The number of hydrogen-bond acceptors (Lipinski definition) is 5. The molecule has 0 amide bonds. The van der Waals surface area contributed by atoms with E-state index in [2.05, 4.69) is 49.3 Å². The van der Waals surface area contributed by atoms with Crippen LogP contribution in [0.5, 0.6) is 5.75 Å². The third-order valence-corrected chi connectivity index (χ3v) is 5.46. The van der Waals surface area contributed by atoms with E-state index in [0.717, 1.165) is 53.7 Å². The molecule has 0 saturated carbocycles. The molecule has 0 spiro atoms. The number of nitrogens with zero attached hydrogens (tertiary/aromatic N) is 3. The van der Waals surface area contributed by atoms with Gasteiger partial charge in [0.05, 0.1) is 12.8 Å². The molecule has 5 nitrogen and oxygen atoms in total. The number of methoxy groups -OCH3 is 1. The van der Waals surface area contributed by atoms with Crippen LogP contribution in [0.2, 0.25) is 0 Å². The van der Waals surface area contributed by atoms with Crippen LogP contribution in [0, 0.1) is 0 Å². The zero-order valence-electron chi connectivity index (χ0n) is 18.7. The Labute approximate surface area is 184 Å². The SMILES string of the molecule is COc1ccc(Nc2cc(-c3ccccc3)nc(C3=CN(C(C)(C)C)CCC3)n2)cc1. The molecule has 0 fully saturated rings. The maximum Gasteiger partial charge on any atom is 0.159 e. The van der Waals surface area contributed by atoms with Crippen molar-refractivity contribution in [1.82, 2.24) is 14.9 Å². The summed E-state index contributed by atoms with van der Waals surface area (Å²) >= 11 is 0. The molecule has 160 valence electrons. The van der Waals surface area contributed by atoms with Crippen LogP contribution in [0.25, 0.3) is 16.8 Å². The average Bonchev–Trinajstić information content (AvgIpc) is 2.79. The largest absolute Gasteiger partial charge is 0.497 e. The molecule has 3 aromatic rings. The highest BCUT2D eigenvalue weighted by molar-refractivity contribution is 5.70. The van der Waals surface area contributed by atoms with E-state index < -0.39 is 0 Å². The van der Waals surface area contributed by atoms with Gasteiger partial charge in [0.1, 0.15) is 11.6 Å². The van der Waals surface area contributed by atoms with Crippen molar-refractivity contribution in [3.05, 3.63) is 72.7 Å². The number of nitrogens with one attached hydrogen (secondary N) is 1. The van der Waals surface area contributed by atoms with E-state index in [4.69, 9.17) is 14.7 Å². The summed E-state index contributed by atoms with van der Waals surface area (Å²) in [6.45, 7) is 7.78. The third-order valence-electron chi connectivity index (χ3n) is 5.46. The Balaban J connectivity index is 1.74. The zero-order valence-corrected chi connectivity index (χ0v) is 18.7. The van der Waals surface area contributed by atoms with Crippen LogP contribution in [0.3, 0.4) is 0 Å². The van der Waals surface area contributed by atoms with Crippen molar-refractivity contribution in [2.45, 2.75) is 39.2 Å². The van der Waals surface area contributed by atoms with Gasteiger partial charge >= 0.3 is 0 Å². The molecule has 0 unspecified atom stereocenters. The van der Waals surface area contributed by atoms with E-state index in [0.29, 0.717) is 0 Å². The summed E-state index contributed by atoms with van der Waals surface area (Å²) in [6.07, 6.45) is 4.32. The number of anilines is 2. The molecule has 31 heavy (non-hydrogen) atoms. The van der Waals surface area contributed by atoms with Gasteiger partial charge in [-0.3, -0.25) is 0 Å². The number of aromatic nitrogens is 2. The summed E-state index contributed by atoms with van der Waals surface area (Å²) in [5.41, 5.74) is 4.20. The molecule has 0 saturated heterocycles. The molecule has 4 rings (SSSR count). The lowest BCUT2D eigenvalue weighted by molar-refractivity contribution is 0.198. The van der Waals surface area contributed by atoms with E-state index in [1.807, 2.05) is 48.5 Å². The second-order valence-electron chi connectivity index (χ2n) is 8.80. The summed E-state index contributed by atoms with van der Waals surface area (Å²) in [6, 6.07) is 20.1. The van der Waals surface area contributed by atoms with E-state index in [1.54, 1.807) is 7.11 Å². The first-order valence-corrected chi connectivity index (χ1v) is 10.8. The van der Waals surface area contributed by atoms with Crippen molar-refractivity contribution in [2.24, 2.45) is 0 Å². The maximum atomic E-state index is 5.27. The highest BCUT2D eigenvalue weighted by Gasteiger charge is 2.23. The van der Waals surface area contributed by atoms with Gasteiger partial charge in [-0.2, -0.15) is 0 Å². The first-order valence-electron chi connectivity index (χ1n) is 10.8. The van der Waals surface area contributed by atoms with Gasteiger partial charge in [0.25, 0.3) is 0 Å². The Hall–Kier alpha value is -3.34. The lowest BCUT2D eigenvalue weighted by Crippen LogP contribution is -2.39. The molecule has 1 aliphatic heterocycles. The number of ether oxygens (including phenoxy) is 1. The molecule has 0 atom stereocenters. The topological polar surface area (TPSA) is 50.3 Å². The van der Waals surface area contributed by atoms with Crippen molar-refractivity contribution < 1.29 is 4.74 Å². The Kier molecular flexibility index (Phi) is 5.94. The van der Waals surface area contributed by atoms with E-state index in [-0.39, 0.29) is 5.54 Å². The van der Waals surface area contributed by atoms with Gasteiger partial charge in [-0.15, -0.1) is 0 Å². The summed E-state index contributed by atoms with van der Waals surface area (Å²) in [5, 5.41) is 3.44. The van der Waals surface area contributed by atoms with Gasteiger partial charge in [0.15, 0.2) is 5.82 Å². The van der Waals surface area contributed by atoms with E-state index in [1.165, 1.54) is 5.57 Å². The van der Waals surface area contributed by atoms with Crippen LogP contribution in [0.1, 0.15) is 39.4 Å². The lowest BCUT2D eigenvalue weighted by atomic mass is 10.00. The minimum Gasteiger partial charge on any atom is -0.497 e. The molecule has 1 aromatic heterocycles. The standard InChI is InChI=1S/C26H30N4O/c1-26(2,3)30-16-8-11-20(18-30)25-28-23(19-9-6-5-7-10-19)17-24(29-25)27-21-12-14-22(31-4)15-13-21/h5-7,9-10,12-15,17-18H,8,11,16H2,1-4H3,(H,27,28,29). The third kappa shape index (κ3) is 5.05. The van der Waals surface area contributed by atoms with Gasteiger partial charge < -0.3 is 15.0 Å². The Morgan fingerprint density at radius 2 is 1.71 bits per heavy atom. The minimum atomic E-state index is 0.0763. The van der Waals surface area contributed by atoms with E-state index >= 15 is 0 Å². The van der Waals surface area contributed by atoms with Crippen molar-refractivity contribution in [2.75, 3.05) is 19.0 Å². The van der Waals surface area contributed by atoms with Crippen LogP contribution in [-0.4, -0.2) is 34.1 Å². The Bertz CT molecular complexity index is 1050. The van der Waals surface area contributed by atoms with Crippen molar-refractivity contribution in [3.63, 3.8) is 0 Å². The van der Waals surface area contributed by atoms with Crippen molar-refractivity contribution in [3.8, 4) is 17.0 Å². The average molecular weight is 415 g/mol. The summed E-state index contributed by atoms with van der Waals surface area (Å²) in [7, 11) is 1.67. The highest BCUT2D eigenvalue weighted by Crippen LogP contribution is 2.30. The van der Waals surface area contributed by atoms with Gasteiger partial charge in [-0.05, 0) is 57.9 Å². The maximum absolute atomic E-state index is 5.27. The lowest BCUT2D eigenvalue weighted by Gasteiger charge is -2.38. The van der Waals surface area contributed by atoms with Crippen LogP contribution >= 0.6 is 0 Å².